The molecule has 0 aliphatic carbocycles. The van der Waals surface area contributed by atoms with Crippen LogP contribution < -0.4 is 0 Å². The van der Waals surface area contributed by atoms with Crippen molar-refractivity contribution in [2.75, 3.05) is 0 Å². The van der Waals surface area contributed by atoms with Crippen LogP contribution in [0, 0.1) is 19.7 Å². The van der Waals surface area contributed by atoms with E-state index in [-0.39, 0.29) is 5.82 Å². The molecule has 0 unspecified atom stereocenters. The van der Waals surface area contributed by atoms with E-state index >= 15 is 0 Å². The third-order valence-electron chi connectivity index (χ3n) is 5.47. The topological polar surface area (TPSA) is 0 Å². The van der Waals surface area contributed by atoms with Gasteiger partial charge in [-0.1, -0.05) is 61.2 Å². The summed E-state index contributed by atoms with van der Waals surface area (Å²) in [6, 6.07) is 20.2. The van der Waals surface area contributed by atoms with Gasteiger partial charge >= 0.3 is 0 Å². The molecule has 150 valence electrons. The summed E-state index contributed by atoms with van der Waals surface area (Å²) < 4.78 is 15.2. The molecule has 0 aliphatic heterocycles. The number of allylic oxidation sites excluding steroid dienone is 1. The summed E-state index contributed by atoms with van der Waals surface area (Å²) in [5, 5.41) is 1.26. The molecule has 1 heterocycles. The first kappa shape index (κ1) is 20.3. The fraction of sp³-hybridized carbons (Fsp3) is 0.143. The highest BCUT2D eigenvalue weighted by Gasteiger charge is 2.18. The maximum atomic E-state index is 14.0. The van der Waals surface area contributed by atoms with Crippen molar-refractivity contribution in [1.82, 2.24) is 0 Å². The molecular weight excluding hydrogens is 387 g/mol. The lowest BCUT2D eigenvalue weighted by Gasteiger charge is -2.11. The van der Waals surface area contributed by atoms with Crippen LogP contribution in [0.15, 0.2) is 73.3 Å². The number of halogens is 1. The Morgan fingerprint density at radius 3 is 2.50 bits per heavy atom. The lowest BCUT2D eigenvalue weighted by atomic mass is 9.94. The Morgan fingerprint density at radius 2 is 1.77 bits per heavy atom. The van der Waals surface area contributed by atoms with Gasteiger partial charge in [-0.15, -0.1) is 11.3 Å². The van der Waals surface area contributed by atoms with Crippen molar-refractivity contribution in [3.8, 4) is 0 Å². The third-order valence-corrected chi connectivity index (χ3v) is 6.72. The van der Waals surface area contributed by atoms with Crippen LogP contribution in [-0.4, -0.2) is 0 Å². The van der Waals surface area contributed by atoms with Crippen LogP contribution in [0.1, 0.15) is 45.2 Å². The molecule has 0 nitrogen and oxygen atoms in total. The second-order valence-electron chi connectivity index (χ2n) is 7.77. The van der Waals surface area contributed by atoms with Crippen LogP contribution in [-0.2, 0) is 6.42 Å². The lowest BCUT2D eigenvalue weighted by Crippen LogP contribution is -1.95. The molecule has 0 aliphatic rings. The molecule has 1 aromatic heterocycles. The zero-order valence-corrected chi connectivity index (χ0v) is 18.4. The van der Waals surface area contributed by atoms with E-state index in [0.29, 0.717) is 0 Å². The molecule has 0 radical (unpaired) electrons. The zero-order chi connectivity index (χ0) is 21.3. The van der Waals surface area contributed by atoms with Crippen molar-refractivity contribution in [2.45, 2.75) is 27.2 Å². The predicted octanol–water partition coefficient (Wildman–Crippen LogP) is 8.34. The second-order valence-corrected chi connectivity index (χ2v) is 8.82. The zero-order valence-electron chi connectivity index (χ0n) is 17.6. The van der Waals surface area contributed by atoms with Gasteiger partial charge in [0.2, 0.25) is 0 Å². The Morgan fingerprint density at radius 1 is 1.00 bits per heavy atom. The van der Waals surface area contributed by atoms with Crippen molar-refractivity contribution >= 4 is 33.1 Å². The minimum absolute atomic E-state index is 0.227. The number of fused-ring (bicyclic) bond motifs is 1. The van der Waals surface area contributed by atoms with Crippen LogP contribution in [0.25, 0.3) is 21.7 Å². The van der Waals surface area contributed by atoms with E-state index in [0.717, 1.165) is 28.0 Å². The summed E-state index contributed by atoms with van der Waals surface area (Å²) in [5.74, 6) is -0.227. The fourth-order valence-corrected chi connectivity index (χ4v) is 5.17. The van der Waals surface area contributed by atoms with E-state index in [1.807, 2.05) is 26.0 Å². The Hall–Kier alpha value is -2.97. The fourth-order valence-electron chi connectivity index (χ4n) is 3.86. The van der Waals surface area contributed by atoms with Crippen LogP contribution >= 0.6 is 11.3 Å². The van der Waals surface area contributed by atoms with Gasteiger partial charge in [0, 0.05) is 9.58 Å². The maximum absolute atomic E-state index is 14.0. The summed E-state index contributed by atoms with van der Waals surface area (Å²) >= 11 is 1.75. The Balaban J connectivity index is 1.83. The molecule has 0 fully saturated rings. The summed E-state index contributed by atoms with van der Waals surface area (Å²) in [6.07, 6.45) is 4.97. The standard InChI is InChI=1S/C28H25FS/c1-5-6-21-9-11-22(12-10-21)16-26-24-14-7-18(2)15-27(24)30-28(26)20(4)25-17-23(29)13-8-19(25)3/h5-15,17H,4,16H2,1-3H3/b6-5+. The van der Waals surface area contributed by atoms with Crippen LogP contribution in [0.5, 0.6) is 0 Å². The first-order chi connectivity index (χ1) is 14.5. The number of benzene rings is 3. The van der Waals surface area contributed by atoms with Crippen molar-refractivity contribution in [2.24, 2.45) is 0 Å². The molecular formula is C28H25FS. The largest absolute Gasteiger partial charge is 0.207 e. The molecule has 0 saturated carbocycles. The van der Waals surface area contributed by atoms with Gasteiger partial charge in [-0.05, 0) is 89.7 Å². The van der Waals surface area contributed by atoms with Gasteiger partial charge < -0.3 is 0 Å². The van der Waals surface area contributed by atoms with Crippen LogP contribution in [0.3, 0.4) is 0 Å². The first-order valence-electron chi connectivity index (χ1n) is 10.2. The van der Waals surface area contributed by atoms with Gasteiger partial charge in [0.25, 0.3) is 0 Å². The van der Waals surface area contributed by atoms with E-state index in [1.54, 1.807) is 17.4 Å². The molecule has 0 atom stereocenters. The van der Waals surface area contributed by atoms with Crippen LogP contribution in [0.4, 0.5) is 4.39 Å². The van der Waals surface area contributed by atoms with Gasteiger partial charge in [-0.2, -0.15) is 0 Å². The molecule has 30 heavy (non-hydrogen) atoms. The molecule has 2 heteroatoms. The molecule has 3 aromatic carbocycles. The van der Waals surface area contributed by atoms with E-state index in [2.05, 4.69) is 62.0 Å². The highest BCUT2D eigenvalue weighted by atomic mass is 32.1. The number of rotatable bonds is 5. The summed E-state index contributed by atoms with van der Waals surface area (Å²) in [4.78, 5) is 1.14. The van der Waals surface area contributed by atoms with Gasteiger partial charge in [0.15, 0.2) is 0 Å². The van der Waals surface area contributed by atoms with Crippen molar-refractivity contribution in [1.29, 1.82) is 0 Å². The average molecular weight is 413 g/mol. The normalized spacial score (nSPS) is 11.5. The van der Waals surface area contributed by atoms with Crippen molar-refractivity contribution in [3.63, 3.8) is 0 Å². The third kappa shape index (κ3) is 4.01. The van der Waals surface area contributed by atoms with Gasteiger partial charge in [0.05, 0.1) is 0 Å². The maximum Gasteiger partial charge on any atom is 0.123 e. The molecule has 0 saturated heterocycles. The van der Waals surface area contributed by atoms with E-state index in [1.165, 1.54) is 38.4 Å². The van der Waals surface area contributed by atoms with Gasteiger partial charge in [0.1, 0.15) is 5.82 Å². The highest BCUT2D eigenvalue weighted by molar-refractivity contribution is 7.20. The van der Waals surface area contributed by atoms with E-state index < -0.39 is 0 Å². The summed E-state index contributed by atoms with van der Waals surface area (Å²) in [6.45, 7) is 10.5. The quantitative estimate of drug-likeness (QED) is 0.309. The Labute approximate surface area is 182 Å². The van der Waals surface area contributed by atoms with Gasteiger partial charge in [-0.25, -0.2) is 4.39 Å². The molecule has 4 rings (SSSR count). The second kappa shape index (κ2) is 8.41. The minimum Gasteiger partial charge on any atom is -0.207 e. The SMILES string of the molecule is C=C(c1cc(F)ccc1C)c1sc2cc(C)ccc2c1Cc1ccc(/C=C/C)cc1. The molecule has 0 N–H and O–H groups in total. The summed E-state index contributed by atoms with van der Waals surface area (Å²) in [7, 11) is 0. The minimum atomic E-state index is -0.227. The molecule has 0 bridgehead atoms. The highest BCUT2D eigenvalue weighted by Crippen LogP contribution is 2.40. The number of hydrogen-bond acceptors (Lipinski definition) is 1. The number of thiophene rings is 1. The van der Waals surface area contributed by atoms with Crippen molar-refractivity contribution < 1.29 is 4.39 Å². The molecule has 0 spiro atoms. The first-order valence-corrected chi connectivity index (χ1v) is 11.0. The van der Waals surface area contributed by atoms with E-state index in [4.69, 9.17) is 0 Å². The van der Waals surface area contributed by atoms with Crippen LogP contribution in [0.2, 0.25) is 0 Å². The van der Waals surface area contributed by atoms with Crippen molar-refractivity contribution in [3.05, 3.63) is 117 Å². The monoisotopic (exact) mass is 412 g/mol. The van der Waals surface area contributed by atoms with Gasteiger partial charge in [-0.3, -0.25) is 0 Å². The lowest BCUT2D eigenvalue weighted by molar-refractivity contribution is 0.627. The average Bonchev–Trinajstić information content (AvgIpc) is 3.08. The molecule has 4 aromatic rings. The number of aryl methyl sites for hydroxylation is 2. The summed E-state index contributed by atoms with van der Waals surface area (Å²) in [5.41, 5.74) is 7.78. The molecule has 0 amide bonds. The van der Waals surface area contributed by atoms with E-state index in [9.17, 15) is 4.39 Å². The Kier molecular flexibility index (Phi) is 5.69. The number of hydrogen-bond donors (Lipinski definition) is 0. The predicted molar refractivity (Wildman–Crippen MR) is 130 cm³/mol. The Bertz CT molecular complexity index is 1260. The smallest absolute Gasteiger partial charge is 0.123 e.